The first kappa shape index (κ1) is 15.8. The largest absolute Gasteiger partial charge is 0.369 e. The number of anilines is 1. The summed E-state index contributed by atoms with van der Waals surface area (Å²) < 4.78 is 0. The number of piperazine rings is 1. The monoisotopic (exact) mass is 334 g/mol. The van der Waals surface area contributed by atoms with Crippen LogP contribution in [-0.2, 0) is 0 Å². The lowest BCUT2D eigenvalue weighted by Gasteiger charge is -2.38. The zero-order valence-corrected chi connectivity index (χ0v) is 14.4. The van der Waals surface area contributed by atoms with Gasteiger partial charge in [0.2, 0.25) is 0 Å². The highest BCUT2D eigenvalue weighted by atomic mass is 16.1. The summed E-state index contributed by atoms with van der Waals surface area (Å²) in [6.07, 6.45) is 0. The second-order valence-electron chi connectivity index (χ2n) is 6.50. The molecule has 0 saturated carbocycles. The van der Waals surface area contributed by atoms with Crippen molar-refractivity contribution < 1.29 is 0 Å². The highest BCUT2D eigenvalue weighted by molar-refractivity contribution is 5.77. The van der Waals surface area contributed by atoms with E-state index >= 15 is 0 Å². The highest BCUT2D eigenvalue weighted by Crippen LogP contribution is 2.22. The van der Waals surface area contributed by atoms with Crippen LogP contribution in [0.25, 0.3) is 10.9 Å². The molecule has 5 heteroatoms. The van der Waals surface area contributed by atoms with Crippen molar-refractivity contribution >= 4 is 16.6 Å². The first-order chi connectivity index (χ1) is 12.2. The smallest absolute Gasteiger partial charge is 0.258 e. The number of H-pyrrole nitrogens is 1. The van der Waals surface area contributed by atoms with Crippen LogP contribution in [0.2, 0.25) is 0 Å². The maximum absolute atomic E-state index is 12.3. The number of para-hydroxylation sites is 2. The lowest BCUT2D eigenvalue weighted by molar-refractivity contribution is 0.192. The van der Waals surface area contributed by atoms with E-state index in [0.29, 0.717) is 5.39 Å². The Morgan fingerprint density at radius 3 is 2.40 bits per heavy atom. The van der Waals surface area contributed by atoms with E-state index in [-0.39, 0.29) is 11.6 Å². The molecule has 3 aromatic rings. The molecule has 0 aliphatic carbocycles. The predicted octanol–water partition coefficient (Wildman–Crippen LogP) is 2.81. The Balaban J connectivity index is 1.51. The van der Waals surface area contributed by atoms with E-state index in [2.05, 4.69) is 51.0 Å². The summed E-state index contributed by atoms with van der Waals surface area (Å²) in [6, 6.07) is 18.1. The zero-order chi connectivity index (χ0) is 17.2. The number of fused-ring (bicyclic) bond motifs is 1. The quantitative estimate of drug-likeness (QED) is 0.800. The third-order valence-corrected chi connectivity index (χ3v) is 5.01. The van der Waals surface area contributed by atoms with Crippen LogP contribution in [0.1, 0.15) is 18.8 Å². The van der Waals surface area contributed by atoms with Crippen LogP contribution in [-0.4, -0.2) is 41.0 Å². The van der Waals surface area contributed by atoms with Gasteiger partial charge in [-0.15, -0.1) is 0 Å². The standard InChI is InChI=1S/C20H22N4O/c1-15(19-21-18-10-6-5-9-17(18)20(25)22-19)23-11-13-24(14-12-23)16-7-3-2-4-8-16/h2-10,15H,11-14H2,1H3,(H,21,22,25). The van der Waals surface area contributed by atoms with Crippen LogP contribution < -0.4 is 10.5 Å². The number of hydrogen-bond donors (Lipinski definition) is 1. The fourth-order valence-corrected chi connectivity index (χ4v) is 3.48. The maximum atomic E-state index is 12.3. The molecule has 1 aliphatic heterocycles. The van der Waals surface area contributed by atoms with Gasteiger partial charge in [0.25, 0.3) is 5.56 Å². The number of benzene rings is 2. The van der Waals surface area contributed by atoms with Crippen molar-refractivity contribution in [2.24, 2.45) is 0 Å². The minimum Gasteiger partial charge on any atom is -0.369 e. The SMILES string of the molecule is CC(c1nc2ccccc2c(=O)[nH]1)N1CCN(c2ccccc2)CC1. The van der Waals surface area contributed by atoms with Crippen LogP contribution >= 0.6 is 0 Å². The predicted molar refractivity (Wildman–Crippen MR) is 101 cm³/mol. The van der Waals surface area contributed by atoms with Gasteiger partial charge in [-0.2, -0.15) is 0 Å². The molecule has 0 amide bonds. The molecule has 5 nitrogen and oxygen atoms in total. The zero-order valence-electron chi connectivity index (χ0n) is 14.4. The molecule has 128 valence electrons. The molecule has 1 saturated heterocycles. The fourth-order valence-electron chi connectivity index (χ4n) is 3.48. The second kappa shape index (κ2) is 6.69. The van der Waals surface area contributed by atoms with Crippen LogP contribution in [0.5, 0.6) is 0 Å². The molecule has 1 unspecified atom stereocenters. The summed E-state index contributed by atoms with van der Waals surface area (Å²) in [5, 5.41) is 0.646. The van der Waals surface area contributed by atoms with E-state index in [9.17, 15) is 4.79 Å². The minimum atomic E-state index is -0.0598. The number of rotatable bonds is 3. The van der Waals surface area contributed by atoms with Crippen LogP contribution in [0.3, 0.4) is 0 Å². The first-order valence-corrected chi connectivity index (χ1v) is 8.75. The van der Waals surface area contributed by atoms with E-state index < -0.39 is 0 Å². The summed E-state index contributed by atoms with van der Waals surface area (Å²) in [6.45, 7) is 5.97. The normalized spacial score (nSPS) is 16.9. The van der Waals surface area contributed by atoms with Crippen molar-refractivity contribution in [1.82, 2.24) is 14.9 Å². The topological polar surface area (TPSA) is 52.2 Å². The number of hydrogen-bond acceptors (Lipinski definition) is 4. The summed E-state index contributed by atoms with van der Waals surface area (Å²) in [5.74, 6) is 0.747. The van der Waals surface area contributed by atoms with Crippen LogP contribution in [0.4, 0.5) is 5.69 Å². The molecule has 1 fully saturated rings. The Bertz CT molecular complexity index is 914. The van der Waals surface area contributed by atoms with E-state index in [0.717, 1.165) is 37.5 Å². The summed E-state index contributed by atoms with van der Waals surface area (Å²) in [7, 11) is 0. The van der Waals surface area contributed by atoms with Gasteiger partial charge in [0, 0.05) is 31.9 Å². The third kappa shape index (κ3) is 3.15. The molecule has 2 heterocycles. The average molecular weight is 334 g/mol. The molecule has 0 spiro atoms. The van der Waals surface area contributed by atoms with Gasteiger partial charge in [-0.25, -0.2) is 4.98 Å². The number of nitrogens with one attached hydrogen (secondary N) is 1. The summed E-state index contributed by atoms with van der Waals surface area (Å²) >= 11 is 0. The third-order valence-electron chi connectivity index (χ3n) is 5.01. The Kier molecular flexibility index (Phi) is 4.24. The number of aromatic amines is 1. The van der Waals surface area contributed by atoms with Gasteiger partial charge in [-0.1, -0.05) is 30.3 Å². The highest BCUT2D eigenvalue weighted by Gasteiger charge is 2.24. The lowest BCUT2D eigenvalue weighted by atomic mass is 10.2. The second-order valence-corrected chi connectivity index (χ2v) is 6.50. The average Bonchev–Trinajstić information content (AvgIpc) is 2.68. The van der Waals surface area contributed by atoms with Crippen LogP contribution in [0, 0.1) is 0 Å². The van der Waals surface area contributed by atoms with Crippen molar-refractivity contribution in [3.8, 4) is 0 Å². The van der Waals surface area contributed by atoms with Crippen molar-refractivity contribution in [3.63, 3.8) is 0 Å². The minimum absolute atomic E-state index is 0.0598. The molecule has 25 heavy (non-hydrogen) atoms. The van der Waals surface area contributed by atoms with E-state index in [1.807, 2.05) is 30.3 Å². The first-order valence-electron chi connectivity index (χ1n) is 8.75. The molecule has 0 radical (unpaired) electrons. The molecule has 1 aromatic heterocycles. The fraction of sp³-hybridized carbons (Fsp3) is 0.300. The van der Waals surface area contributed by atoms with Crippen molar-refractivity contribution in [2.75, 3.05) is 31.1 Å². The molecule has 1 atom stereocenters. The molecular formula is C20H22N4O. The van der Waals surface area contributed by atoms with Gasteiger partial charge in [-0.3, -0.25) is 9.69 Å². The summed E-state index contributed by atoms with van der Waals surface area (Å²) in [5.41, 5.74) is 1.97. The van der Waals surface area contributed by atoms with E-state index in [1.54, 1.807) is 0 Å². The Morgan fingerprint density at radius 1 is 0.960 bits per heavy atom. The molecule has 4 rings (SSSR count). The van der Waals surface area contributed by atoms with E-state index in [1.165, 1.54) is 5.69 Å². The van der Waals surface area contributed by atoms with Gasteiger partial charge in [0.05, 0.1) is 16.9 Å². The Morgan fingerprint density at radius 2 is 1.64 bits per heavy atom. The van der Waals surface area contributed by atoms with Gasteiger partial charge in [0.15, 0.2) is 0 Å². The Labute approximate surface area is 146 Å². The molecule has 2 aromatic carbocycles. The van der Waals surface area contributed by atoms with Gasteiger partial charge >= 0.3 is 0 Å². The molecule has 1 N–H and O–H groups in total. The van der Waals surface area contributed by atoms with Crippen molar-refractivity contribution in [2.45, 2.75) is 13.0 Å². The van der Waals surface area contributed by atoms with E-state index in [4.69, 9.17) is 0 Å². The maximum Gasteiger partial charge on any atom is 0.258 e. The molecular weight excluding hydrogens is 312 g/mol. The van der Waals surface area contributed by atoms with Gasteiger partial charge in [0.1, 0.15) is 5.82 Å². The Hall–Kier alpha value is -2.66. The van der Waals surface area contributed by atoms with Crippen molar-refractivity contribution in [1.29, 1.82) is 0 Å². The van der Waals surface area contributed by atoms with Crippen molar-refractivity contribution in [3.05, 3.63) is 70.8 Å². The molecule has 1 aliphatic rings. The molecule has 0 bridgehead atoms. The van der Waals surface area contributed by atoms with Gasteiger partial charge in [-0.05, 0) is 31.2 Å². The van der Waals surface area contributed by atoms with Crippen LogP contribution in [0.15, 0.2) is 59.4 Å². The van der Waals surface area contributed by atoms with Gasteiger partial charge < -0.3 is 9.88 Å². The summed E-state index contributed by atoms with van der Waals surface area (Å²) in [4.78, 5) is 24.7. The number of nitrogens with zero attached hydrogens (tertiary/aromatic N) is 3. The lowest BCUT2D eigenvalue weighted by Crippen LogP contribution is -2.47. The number of aromatic nitrogens is 2.